The number of pyridine rings is 1. The third kappa shape index (κ3) is 3.55. The summed E-state index contributed by atoms with van der Waals surface area (Å²) in [4.78, 5) is 25.7. The van der Waals surface area contributed by atoms with E-state index in [1.165, 1.54) is 10.6 Å². The lowest BCUT2D eigenvalue weighted by Gasteiger charge is -2.26. The van der Waals surface area contributed by atoms with E-state index in [0.717, 1.165) is 11.3 Å². The van der Waals surface area contributed by atoms with Crippen molar-refractivity contribution in [2.45, 2.75) is 19.5 Å². The number of hydrogen-bond donors (Lipinski definition) is 0. The summed E-state index contributed by atoms with van der Waals surface area (Å²) in [6.45, 7) is 1.98. The molecule has 2 rings (SSSR count). The normalized spacial score (nSPS) is 11.8. The lowest BCUT2D eigenvalue weighted by molar-refractivity contribution is -0.132. The minimum absolute atomic E-state index is 0.0322. The smallest absolute Gasteiger partial charge is 0.250 e. The van der Waals surface area contributed by atoms with Crippen LogP contribution in [0.2, 0.25) is 0 Å². The first-order chi connectivity index (χ1) is 10.5. The molecule has 1 atom stereocenters. The Bertz CT molecular complexity index is 709. The Hall–Kier alpha value is -2.56. The predicted octanol–water partition coefficient (Wildman–Crippen LogP) is 2.08. The summed E-state index contributed by atoms with van der Waals surface area (Å²) < 4.78 is 6.61. The lowest BCUT2D eigenvalue weighted by Crippen LogP contribution is -2.35. The maximum absolute atomic E-state index is 12.4. The van der Waals surface area contributed by atoms with E-state index in [2.05, 4.69) is 0 Å². The van der Waals surface area contributed by atoms with Crippen LogP contribution in [0, 0.1) is 0 Å². The first-order valence-electron chi connectivity index (χ1n) is 7.08. The molecular weight excluding hydrogens is 280 g/mol. The summed E-state index contributed by atoms with van der Waals surface area (Å²) in [5.74, 6) is 0.632. The quantitative estimate of drug-likeness (QED) is 0.849. The fraction of sp³-hybridized carbons (Fsp3) is 0.294. The molecule has 0 spiro atoms. The molecule has 5 heteroatoms. The molecule has 0 radical (unpaired) electrons. The highest BCUT2D eigenvalue weighted by atomic mass is 16.5. The summed E-state index contributed by atoms with van der Waals surface area (Å²) in [5, 5.41) is 0. The van der Waals surface area contributed by atoms with Gasteiger partial charge in [0.2, 0.25) is 5.91 Å². The number of amides is 1. The minimum atomic E-state index is -0.182. The third-order valence-electron chi connectivity index (χ3n) is 3.76. The maximum Gasteiger partial charge on any atom is 0.250 e. The number of carbonyl (C=O) groups is 1. The highest BCUT2D eigenvalue weighted by Crippen LogP contribution is 2.23. The zero-order valence-electron chi connectivity index (χ0n) is 13.0. The van der Waals surface area contributed by atoms with Gasteiger partial charge in [-0.05, 0) is 30.7 Å². The fourth-order valence-electron chi connectivity index (χ4n) is 2.19. The van der Waals surface area contributed by atoms with Crippen molar-refractivity contribution < 1.29 is 9.53 Å². The van der Waals surface area contributed by atoms with Gasteiger partial charge in [0.15, 0.2) is 0 Å². The van der Waals surface area contributed by atoms with Crippen LogP contribution in [-0.4, -0.2) is 29.5 Å². The van der Waals surface area contributed by atoms with Gasteiger partial charge in [0.05, 0.1) is 13.2 Å². The zero-order chi connectivity index (χ0) is 16.1. The van der Waals surface area contributed by atoms with Gasteiger partial charge >= 0.3 is 0 Å². The Labute approximate surface area is 129 Å². The van der Waals surface area contributed by atoms with Gasteiger partial charge in [-0.25, -0.2) is 0 Å². The molecule has 0 saturated carbocycles. The molecule has 1 aromatic carbocycles. The van der Waals surface area contributed by atoms with Gasteiger partial charge in [0.25, 0.3) is 5.56 Å². The van der Waals surface area contributed by atoms with Crippen molar-refractivity contribution >= 4 is 5.91 Å². The van der Waals surface area contributed by atoms with Gasteiger partial charge in [0, 0.05) is 19.3 Å². The average molecular weight is 300 g/mol. The number of ether oxygens (including phenoxy) is 1. The van der Waals surface area contributed by atoms with Crippen LogP contribution < -0.4 is 10.3 Å². The van der Waals surface area contributed by atoms with Crippen LogP contribution in [0.5, 0.6) is 5.75 Å². The molecule has 0 bridgehead atoms. The van der Waals surface area contributed by atoms with Crippen molar-refractivity contribution in [2.75, 3.05) is 14.2 Å². The van der Waals surface area contributed by atoms with E-state index < -0.39 is 0 Å². The van der Waals surface area contributed by atoms with Gasteiger partial charge in [-0.3, -0.25) is 9.59 Å². The molecule has 0 saturated heterocycles. The van der Waals surface area contributed by atoms with E-state index >= 15 is 0 Å². The van der Waals surface area contributed by atoms with Crippen molar-refractivity contribution in [1.82, 2.24) is 9.47 Å². The molecule has 0 fully saturated rings. The highest BCUT2D eigenvalue weighted by Gasteiger charge is 2.18. The molecule has 2 aromatic rings. The molecule has 22 heavy (non-hydrogen) atoms. The third-order valence-corrected chi connectivity index (χ3v) is 3.76. The first-order valence-corrected chi connectivity index (χ1v) is 7.08. The van der Waals surface area contributed by atoms with Crippen LogP contribution in [0.1, 0.15) is 18.5 Å². The highest BCUT2D eigenvalue weighted by molar-refractivity contribution is 5.76. The number of likely N-dealkylation sites (N-methyl/N-ethyl adjacent to an activating group) is 1. The van der Waals surface area contributed by atoms with E-state index in [0.29, 0.717) is 0 Å². The molecule has 0 N–H and O–H groups in total. The molecule has 0 aliphatic rings. The number of hydrogen-bond acceptors (Lipinski definition) is 3. The summed E-state index contributed by atoms with van der Waals surface area (Å²) in [6, 6.07) is 12.3. The molecule has 5 nitrogen and oxygen atoms in total. The van der Waals surface area contributed by atoms with Crippen LogP contribution in [0.25, 0.3) is 0 Å². The molecular formula is C17H20N2O3. The van der Waals surface area contributed by atoms with Crippen molar-refractivity contribution in [2.24, 2.45) is 0 Å². The van der Waals surface area contributed by atoms with Crippen LogP contribution in [0.4, 0.5) is 0 Å². The Kier molecular flexibility index (Phi) is 4.99. The second kappa shape index (κ2) is 6.93. The molecule has 1 amide bonds. The fourth-order valence-corrected chi connectivity index (χ4v) is 2.19. The van der Waals surface area contributed by atoms with Gasteiger partial charge in [-0.15, -0.1) is 0 Å². The monoisotopic (exact) mass is 300 g/mol. The van der Waals surface area contributed by atoms with Crippen LogP contribution in [0.3, 0.4) is 0 Å². The summed E-state index contributed by atoms with van der Waals surface area (Å²) in [5.41, 5.74) is 0.800. The van der Waals surface area contributed by atoms with Crippen LogP contribution >= 0.6 is 0 Å². The van der Waals surface area contributed by atoms with Crippen LogP contribution in [-0.2, 0) is 11.3 Å². The number of benzene rings is 1. The summed E-state index contributed by atoms with van der Waals surface area (Å²) >= 11 is 0. The topological polar surface area (TPSA) is 51.5 Å². The SMILES string of the molecule is COc1cccc([C@H](C)N(C)C(=O)Cn2ccccc2=O)c1. The molecule has 0 aliphatic heterocycles. The van der Waals surface area contributed by atoms with Crippen molar-refractivity contribution in [3.63, 3.8) is 0 Å². The van der Waals surface area contributed by atoms with Crippen molar-refractivity contribution in [1.29, 1.82) is 0 Å². The Morgan fingerprint density at radius 1 is 1.27 bits per heavy atom. The summed E-state index contributed by atoms with van der Waals surface area (Å²) in [7, 11) is 3.35. The number of methoxy groups -OCH3 is 1. The molecule has 1 aromatic heterocycles. The van der Waals surface area contributed by atoms with E-state index in [-0.39, 0.29) is 24.1 Å². The van der Waals surface area contributed by atoms with E-state index in [1.54, 1.807) is 37.4 Å². The van der Waals surface area contributed by atoms with E-state index in [4.69, 9.17) is 4.74 Å². The largest absolute Gasteiger partial charge is 0.497 e. The van der Waals surface area contributed by atoms with Crippen LogP contribution in [0.15, 0.2) is 53.5 Å². The van der Waals surface area contributed by atoms with Gasteiger partial charge < -0.3 is 14.2 Å². The molecule has 116 valence electrons. The Balaban J connectivity index is 2.12. The number of nitrogens with zero attached hydrogens (tertiary/aromatic N) is 2. The zero-order valence-corrected chi connectivity index (χ0v) is 13.0. The minimum Gasteiger partial charge on any atom is -0.497 e. The molecule has 0 unspecified atom stereocenters. The second-order valence-electron chi connectivity index (χ2n) is 5.12. The molecule has 1 heterocycles. The predicted molar refractivity (Wildman–Crippen MR) is 84.9 cm³/mol. The summed E-state index contributed by atoms with van der Waals surface area (Å²) in [6.07, 6.45) is 1.62. The number of aromatic nitrogens is 1. The van der Waals surface area contributed by atoms with Crippen molar-refractivity contribution in [3.8, 4) is 5.75 Å². The number of carbonyl (C=O) groups excluding carboxylic acids is 1. The Morgan fingerprint density at radius 2 is 2.05 bits per heavy atom. The van der Waals surface area contributed by atoms with E-state index in [1.807, 2.05) is 31.2 Å². The lowest BCUT2D eigenvalue weighted by atomic mass is 10.1. The first kappa shape index (κ1) is 15.8. The van der Waals surface area contributed by atoms with Gasteiger partial charge in [0.1, 0.15) is 12.3 Å². The maximum atomic E-state index is 12.4. The van der Waals surface area contributed by atoms with Gasteiger partial charge in [-0.2, -0.15) is 0 Å². The average Bonchev–Trinajstić information content (AvgIpc) is 2.55. The Morgan fingerprint density at radius 3 is 2.73 bits per heavy atom. The molecule has 0 aliphatic carbocycles. The van der Waals surface area contributed by atoms with Gasteiger partial charge in [-0.1, -0.05) is 18.2 Å². The second-order valence-corrected chi connectivity index (χ2v) is 5.12. The van der Waals surface area contributed by atoms with Crippen molar-refractivity contribution in [3.05, 3.63) is 64.6 Å². The number of rotatable bonds is 5. The van der Waals surface area contributed by atoms with E-state index in [9.17, 15) is 9.59 Å². The standard InChI is InChI=1S/C17H20N2O3/c1-13(14-7-6-8-15(11-14)22-3)18(2)17(21)12-19-10-5-4-9-16(19)20/h4-11,13H,12H2,1-3H3/t13-/m0/s1.